The predicted octanol–water partition coefficient (Wildman–Crippen LogP) is 2.89. The van der Waals surface area contributed by atoms with Crippen LogP contribution in [-0.2, 0) is 9.84 Å². The van der Waals surface area contributed by atoms with Gasteiger partial charge in [-0.2, -0.15) is 13.2 Å². The van der Waals surface area contributed by atoms with Gasteiger partial charge in [0.15, 0.2) is 9.84 Å². The zero-order valence-electron chi connectivity index (χ0n) is 10.8. The van der Waals surface area contributed by atoms with Crippen LogP contribution in [0.15, 0.2) is 23.1 Å². The van der Waals surface area contributed by atoms with Crippen LogP contribution in [0.4, 0.5) is 17.6 Å². The van der Waals surface area contributed by atoms with Gasteiger partial charge in [0.2, 0.25) is 0 Å². The fraction of sp³-hybridized carbons (Fsp3) is 0.500. The van der Waals surface area contributed by atoms with Crippen molar-refractivity contribution in [3.63, 3.8) is 0 Å². The maximum absolute atomic E-state index is 13.3. The van der Waals surface area contributed by atoms with Gasteiger partial charge < -0.3 is 5.32 Å². The van der Waals surface area contributed by atoms with E-state index in [1.54, 1.807) is 0 Å². The van der Waals surface area contributed by atoms with Crippen molar-refractivity contribution in [3.8, 4) is 0 Å². The van der Waals surface area contributed by atoms with Crippen LogP contribution in [0.25, 0.3) is 0 Å². The lowest BCUT2D eigenvalue weighted by Gasteiger charge is -2.26. The molecular weight excluding hydrogens is 330 g/mol. The van der Waals surface area contributed by atoms with Gasteiger partial charge in [-0.1, -0.05) is 0 Å². The van der Waals surface area contributed by atoms with E-state index in [0.717, 1.165) is 12.1 Å². The molecule has 9 heteroatoms. The van der Waals surface area contributed by atoms with Crippen LogP contribution in [0.3, 0.4) is 0 Å². The van der Waals surface area contributed by atoms with Gasteiger partial charge in [-0.15, -0.1) is 0 Å². The molecule has 1 aliphatic rings. The van der Waals surface area contributed by atoms with E-state index in [1.807, 2.05) is 0 Å². The molecule has 0 saturated heterocycles. The van der Waals surface area contributed by atoms with Crippen LogP contribution in [-0.4, -0.2) is 32.0 Å². The van der Waals surface area contributed by atoms with Crippen molar-refractivity contribution in [3.05, 3.63) is 29.6 Å². The molecule has 21 heavy (non-hydrogen) atoms. The number of hydrogen-bond acceptors (Lipinski definition) is 4. The van der Waals surface area contributed by atoms with Crippen LogP contribution in [0.2, 0.25) is 0 Å². The zero-order chi connectivity index (χ0) is 15.7. The summed E-state index contributed by atoms with van der Waals surface area (Å²) in [6.45, 7) is 0.0604. The first-order valence-corrected chi connectivity index (χ1v) is 8.79. The summed E-state index contributed by atoms with van der Waals surface area (Å²) in [5, 5.41) is 2.86. The summed E-state index contributed by atoms with van der Waals surface area (Å²) in [5.74, 6) is -0.852. The SMILES string of the molecule is O=S1(=O)CCC(NCCSC(F)(F)F)c2cc(F)ccc21. The maximum atomic E-state index is 13.3. The highest BCUT2D eigenvalue weighted by Crippen LogP contribution is 2.33. The van der Waals surface area contributed by atoms with E-state index in [-0.39, 0.29) is 41.1 Å². The summed E-state index contributed by atoms with van der Waals surface area (Å²) in [7, 11) is -3.44. The average Bonchev–Trinajstić information content (AvgIpc) is 2.35. The van der Waals surface area contributed by atoms with Crippen molar-refractivity contribution in [1.29, 1.82) is 0 Å². The normalized spacial score (nSPS) is 21.0. The fourth-order valence-electron chi connectivity index (χ4n) is 2.23. The second-order valence-electron chi connectivity index (χ2n) is 4.59. The first kappa shape index (κ1) is 16.6. The van der Waals surface area contributed by atoms with Crippen LogP contribution in [0.5, 0.6) is 0 Å². The second kappa shape index (κ2) is 6.13. The fourth-order valence-corrected chi connectivity index (χ4v) is 4.28. The molecule has 1 aliphatic heterocycles. The monoisotopic (exact) mass is 343 g/mol. The van der Waals surface area contributed by atoms with E-state index in [2.05, 4.69) is 5.32 Å². The molecular formula is C12H13F4NO2S2. The van der Waals surface area contributed by atoms with Gasteiger partial charge in [0.05, 0.1) is 10.6 Å². The Hall–Kier alpha value is -0.800. The summed E-state index contributed by atoms with van der Waals surface area (Å²) in [5.41, 5.74) is -4.00. The Morgan fingerprint density at radius 1 is 1.33 bits per heavy atom. The number of benzene rings is 1. The van der Waals surface area contributed by atoms with E-state index in [4.69, 9.17) is 0 Å². The second-order valence-corrected chi connectivity index (χ2v) is 7.83. The minimum absolute atomic E-state index is 0.0520. The Balaban J connectivity index is 2.08. The van der Waals surface area contributed by atoms with Gasteiger partial charge in [-0.05, 0) is 41.9 Å². The number of fused-ring (bicyclic) bond motifs is 1. The van der Waals surface area contributed by atoms with E-state index in [1.165, 1.54) is 6.07 Å². The molecule has 0 saturated carbocycles. The van der Waals surface area contributed by atoms with Gasteiger partial charge in [-0.3, -0.25) is 0 Å². The third-order valence-electron chi connectivity index (χ3n) is 3.12. The van der Waals surface area contributed by atoms with Crippen molar-refractivity contribution in [1.82, 2.24) is 5.32 Å². The third-order valence-corrected chi connectivity index (χ3v) is 5.67. The van der Waals surface area contributed by atoms with E-state index >= 15 is 0 Å². The molecule has 0 bridgehead atoms. The summed E-state index contributed by atoms with van der Waals surface area (Å²) in [6, 6.07) is 2.95. The molecule has 1 aromatic rings. The summed E-state index contributed by atoms with van der Waals surface area (Å²) in [6.07, 6.45) is 0.218. The van der Waals surface area contributed by atoms with Crippen LogP contribution in [0.1, 0.15) is 18.0 Å². The standard InChI is InChI=1S/C12H13F4NO2S2/c13-8-1-2-11-9(7-8)10(3-6-21(11,18)19)17-4-5-20-12(14,15)16/h1-2,7,10,17H,3-6H2. The zero-order valence-corrected chi connectivity index (χ0v) is 12.4. The molecule has 0 radical (unpaired) electrons. The molecule has 0 amide bonds. The van der Waals surface area contributed by atoms with Crippen LogP contribution < -0.4 is 5.32 Å². The summed E-state index contributed by atoms with van der Waals surface area (Å²) >= 11 is -0.148. The molecule has 1 heterocycles. The molecule has 0 aliphatic carbocycles. The quantitative estimate of drug-likeness (QED) is 0.519. The van der Waals surface area contributed by atoms with Crippen molar-refractivity contribution >= 4 is 21.6 Å². The molecule has 0 aromatic heterocycles. The van der Waals surface area contributed by atoms with Gasteiger partial charge in [0, 0.05) is 18.3 Å². The highest BCUT2D eigenvalue weighted by atomic mass is 32.2. The van der Waals surface area contributed by atoms with Crippen LogP contribution >= 0.6 is 11.8 Å². The molecule has 1 aromatic carbocycles. The largest absolute Gasteiger partial charge is 0.441 e. The smallest absolute Gasteiger partial charge is 0.309 e. The number of halogens is 4. The van der Waals surface area contributed by atoms with E-state index < -0.39 is 27.2 Å². The number of alkyl halides is 3. The minimum Gasteiger partial charge on any atom is -0.309 e. The van der Waals surface area contributed by atoms with Gasteiger partial charge >= 0.3 is 5.51 Å². The van der Waals surface area contributed by atoms with E-state index in [9.17, 15) is 26.0 Å². The maximum Gasteiger partial charge on any atom is 0.441 e. The molecule has 1 unspecified atom stereocenters. The lowest BCUT2D eigenvalue weighted by atomic mass is 10.0. The lowest BCUT2D eigenvalue weighted by molar-refractivity contribution is -0.0327. The molecule has 118 valence electrons. The highest BCUT2D eigenvalue weighted by Gasteiger charge is 2.31. The summed E-state index contributed by atoms with van der Waals surface area (Å²) in [4.78, 5) is 0.0520. The minimum atomic E-state index is -4.29. The number of hydrogen-bond donors (Lipinski definition) is 1. The van der Waals surface area contributed by atoms with Crippen molar-refractivity contribution in [2.45, 2.75) is 22.9 Å². The third kappa shape index (κ3) is 4.33. The molecule has 0 spiro atoms. The van der Waals surface area contributed by atoms with Gasteiger partial charge in [0.1, 0.15) is 5.82 Å². The number of sulfone groups is 1. The Kier molecular flexibility index (Phi) is 4.84. The van der Waals surface area contributed by atoms with Gasteiger partial charge in [-0.25, -0.2) is 12.8 Å². The Morgan fingerprint density at radius 3 is 2.71 bits per heavy atom. The predicted molar refractivity (Wildman–Crippen MR) is 72.3 cm³/mol. The Bertz CT molecular complexity index is 616. The number of thioether (sulfide) groups is 1. The Morgan fingerprint density at radius 2 is 2.05 bits per heavy atom. The van der Waals surface area contributed by atoms with Crippen LogP contribution in [0, 0.1) is 5.82 Å². The molecule has 0 fully saturated rings. The first-order chi connectivity index (χ1) is 9.69. The number of rotatable bonds is 4. The topological polar surface area (TPSA) is 46.2 Å². The molecule has 3 nitrogen and oxygen atoms in total. The highest BCUT2D eigenvalue weighted by molar-refractivity contribution is 8.00. The van der Waals surface area contributed by atoms with Crippen molar-refractivity contribution < 1.29 is 26.0 Å². The molecule has 1 atom stereocenters. The summed E-state index contributed by atoms with van der Waals surface area (Å²) < 4.78 is 73.1. The van der Waals surface area contributed by atoms with Crippen molar-refractivity contribution in [2.24, 2.45) is 0 Å². The van der Waals surface area contributed by atoms with Crippen molar-refractivity contribution in [2.75, 3.05) is 18.1 Å². The lowest BCUT2D eigenvalue weighted by Crippen LogP contribution is -2.31. The Labute approximate surface area is 124 Å². The molecule has 2 rings (SSSR count). The number of nitrogens with one attached hydrogen (secondary N) is 1. The first-order valence-electron chi connectivity index (χ1n) is 6.15. The molecule has 1 N–H and O–H groups in total. The van der Waals surface area contributed by atoms with E-state index in [0.29, 0.717) is 5.56 Å². The average molecular weight is 343 g/mol. The van der Waals surface area contributed by atoms with Gasteiger partial charge in [0.25, 0.3) is 0 Å².